The standard InChI is InChI=1S/C16H13F3N2O5S/c1-8(15(22)21-12-6-5-11(17)13(18)14(12)19)26-16(23)9-3-2-4-10(7-9)27(20,24)25/h2-8H,1H3,(H,21,22)(H2,20,24,25)/t8-/m0/s1. The second-order valence-electron chi connectivity index (χ2n) is 5.33. The second-order valence-corrected chi connectivity index (χ2v) is 6.89. The molecule has 0 aliphatic carbocycles. The summed E-state index contributed by atoms with van der Waals surface area (Å²) < 4.78 is 67.1. The van der Waals surface area contributed by atoms with Crippen molar-refractivity contribution in [1.29, 1.82) is 0 Å². The van der Waals surface area contributed by atoms with E-state index >= 15 is 0 Å². The van der Waals surface area contributed by atoms with E-state index in [0.717, 1.165) is 25.1 Å². The highest BCUT2D eigenvalue weighted by molar-refractivity contribution is 7.89. The number of nitrogens with one attached hydrogen (secondary N) is 1. The third-order valence-corrected chi connectivity index (χ3v) is 4.26. The predicted octanol–water partition coefficient (Wildman–Crippen LogP) is 1.94. The Morgan fingerprint density at radius 2 is 1.78 bits per heavy atom. The first-order valence-corrected chi connectivity index (χ1v) is 8.83. The summed E-state index contributed by atoms with van der Waals surface area (Å²) in [5.74, 6) is -6.87. The van der Waals surface area contributed by atoms with Gasteiger partial charge < -0.3 is 10.1 Å². The van der Waals surface area contributed by atoms with E-state index in [1.54, 1.807) is 0 Å². The summed E-state index contributed by atoms with van der Waals surface area (Å²) in [6.07, 6.45) is -1.46. The number of sulfonamides is 1. The number of benzene rings is 2. The molecule has 2 rings (SSSR count). The number of amides is 1. The molecule has 1 amide bonds. The Labute approximate surface area is 152 Å². The SMILES string of the molecule is C[C@H](OC(=O)c1cccc(S(N)(=O)=O)c1)C(=O)Nc1ccc(F)c(F)c1F. The van der Waals surface area contributed by atoms with Gasteiger partial charge in [-0.05, 0) is 37.3 Å². The first-order valence-electron chi connectivity index (χ1n) is 7.29. The van der Waals surface area contributed by atoms with Crippen LogP contribution in [0.5, 0.6) is 0 Å². The van der Waals surface area contributed by atoms with Crippen molar-refractivity contribution in [2.75, 3.05) is 5.32 Å². The Kier molecular flexibility index (Phi) is 5.86. The molecule has 0 unspecified atom stereocenters. The molecule has 0 spiro atoms. The third-order valence-electron chi connectivity index (χ3n) is 3.34. The Morgan fingerprint density at radius 1 is 1.11 bits per heavy atom. The van der Waals surface area contributed by atoms with Gasteiger partial charge in [0.1, 0.15) is 0 Å². The molecule has 0 aliphatic rings. The Hall–Kier alpha value is -2.92. The van der Waals surface area contributed by atoms with Gasteiger partial charge in [-0.25, -0.2) is 31.5 Å². The van der Waals surface area contributed by atoms with E-state index in [1.165, 1.54) is 12.1 Å². The quantitative estimate of drug-likeness (QED) is 0.586. The van der Waals surface area contributed by atoms with Crippen molar-refractivity contribution in [2.45, 2.75) is 17.9 Å². The molecule has 0 aromatic heterocycles. The molecule has 0 fully saturated rings. The summed E-state index contributed by atoms with van der Waals surface area (Å²) in [4.78, 5) is 23.7. The van der Waals surface area contributed by atoms with Crippen LogP contribution in [0.1, 0.15) is 17.3 Å². The molecule has 7 nitrogen and oxygen atoms in total. The number of ether oxygens (including phenoxy) is 1. The normalized spacial score (nSPS) is 12.3. The highest BCUT2D eigenvalue weighted by atomic mass is 32.2. The monoisotopic (exact) mass is 402 g/mol. The van der Waals surface area contributed by atoms with Crippen molar-refractivity contribution in [3.8, 4) is 0 Å². The number of carbonyl (C=O) groups is 2. The van der Waals surface area contributed by atoms with E-state index in [-0.39, 0.29) is 10.5 Å². The fraction of sp³-hybridized carbons (Fsp3) is 0.125. The molecule has 2 aromatic carbocycles. The maximum atomic E-state index is 13.6. The zero-order valence-corrected chi connectivity index (χ0v) is 14.5. The van der Waals surface area contributed by atoms with Crippen molar-refractivity contribution in [2.24, 2.45) is 5.14 Å². The van der Waals surface area contributed by atoms with Crippen LogP contribution in [0.15, 0.2) is 41.3 Å². The first kappa shape index (κ1) is 20.4. The summed E-state index contributed by atoms with van der Waals surface area (Å²) in [7, 11) is -4.05. The third kappa shape index (κ3) is 4.83. The largest absolute Gasteiger partial charge is 0.449 e. The Bertz CT molecular complexity index is 1010. The van der Waals surface area contributed by atoms with Gasteiger partial charge in [-0.1, -0.05) is 6.07 Å². The minimum Gasteiger partial charge on any atom is -0.449 e. The van der Waals surface area contributed by atoms with E-state index in [0.29, 0.717) is 6.07 Å². The predicted molar refractivity (Wildman–Crippen MR) is 87.6 cm³/mol. The zero-order valence-electron chi connectivity index (χ0n) is 13.7. The molecule has 0 saturated heterocycles. The van der Waals surface area contributed by atoms with E-state index in [1.807, 2.05) is 5.32 Å². The number of halogens is 3. The minimum atomic E-state index is -4.05. The lowest BCUT2D eigenvalue weighted by atomic mass is 10.2. The minimum absolute atomic E-state index is 0.194. The van der Waals surface area contributed by atoms with Crippen molar-refractivity contribution in [3.05, 3.63) is 59.4 Å². The number of hydrogen-bond donors (Lipinski definition) is 2. The maximum Gasteiger partial charge on any atom is 0.338 e. The number of carbonyl (C=O) groups excluding carboxylic acids is 2. The summed E-state index contributed by atoms with van der Waals surface area (Å²) in [6.45, 7) is 1.15. The molecule has 0 bridgehead atoms. The summed E-state index contributed by atoms with van der Waals surface area (Å²) in [6, 6.07) is 6.01. The summed E-state index contributed by atoms with van der Waals surface area (Å²) in [5.41, 5.74) is -0.835. The highest BCUT2D eigenvalue weighted by Gasteiger charge is 2.22. The summed E-state index contributed by atoms with van der Waals surface area (Å²) >= 11 is 0. The lowest BCUT2D eigenvalue weighted by molar-refractivity contribution is -0.123. The molecule has 2 aromatic rings. The molecule has 0 aliphatic heterocycles. The van der Waals surface area contributed by atoms with Crippen LogP contribution in [0.25, 0.3) is 0 Å². The van der Waals surface area contributed by atoms with Crippen LogP contribution in [-0.4, -0.2) is 26.4 Å². The Balaban J connectivity index is 2.11. The molecule has 27 heavy (non-hydrogen) atoms. The van der Waals surface area contributed by atoms with E-state index in [4.69, 9.17) is 9.88 Å². The average molecular weight is 402 g/mol. The maximum absolute atomic E-state index is 13.6. The van der Waals surface area contributed by atoms with Crippen LogP contribution in [0.4, 0.5) is 18.9 Å². The highest BCUT2D eigenvalue weighted by Crippen LogP contribution is 2.20. The fourth-order valence-electron chi connectivity index (χ4n) is 1.94. The summed E-state index contributed by atoms with van der Waals surface area (Å²) in [5, 5.41) is 6.92. The molecule has 0 radical (unpaired) electrons. The lowest BCUT2D eigenvalue weighted by Gasteiger charge is -2.14. The number of hydrogen-bond acceptors (Lipinski definition) is 5. The van der Waals surface area contributed by atoms with E-state index in [9.17, 15) is 31.2 Å². The van der Waals surface area contributed by atoms with Crippen LogP contribution < -0.4 is 10.5 Å². The first-order chi connectivity index (χ1) is 12.5. The molecule has 144 valence electrons. The van der Waals surface area contributed by atoms with Gasteiger partial charge in [0.05, 0.1) is 16.1 Å². The van der Waals surface area contributed by atoms with Gasteiger partial charge in [0.15, 0.2) is 23.6 Å². The second kappa shape index (κ2) is 7.76. The molecule has 0 heterocycles. The van der Waals surface area contributed by atoms with Crippen molar-refractivity contribution < 1.29 is 35.9 Å². The van der Waals surface area contributed by atoms with Gasteiger partial charge in [-0.3, -0.25) is 4.79 Å². The van der Waals surface area contributed by atoms with Gasteiger partial charge in [0, 0.05) is 0 Å². The number of primary sulfonamides is 1. The molecule has 11 heteroatoms. The zero-order chi connectivity index (χ0) is 20.4. The number of nitrogens with two attached hydrogens (primary N) is 1. The van der Waals surface area contributed by atoms with Crippen LogP contribution in [0.2, 0.25) is 0 Å². The van der Waals surface area contributed by atoms with Crippen molar-refractivity contribution in [1.82, 2.24) is 0 Å². The van der Waals surface area contributed by atoms with E-state index < -0.39 is 51.1 Å². The van der Waals surface area contributed by atoms with Gasteiger partial charge in [0.25, 0.3) is 5.91 Å². The molecule has 0 saturated carbocycles. The van der Waals surface area contributed by atoms with Crippen LogP contribution >= 0.6 is 0 Å². The molecule has 3 N–H and O–H groups in total. The molecule has 1 atom stereocenters. The number of rotatable bonds is 5. The van der Waals surface area contributed by atoms with Gasteiger partial charge >= 0.3 is 5.97 Å². The smallest absolute Gasteiger partial charge is 0.338 e. The topological polar surface area (TPSA) is 116 Å². The van der Waals surface area contributed by atoms with Crippen molar-refractivity contribution >= 4 is 27.6 Å². The molecular formula is C16H13F3N2O5S. The number of anilines is 1. The van der Waals surface area contributed by atoms with Gasteiger partial charge in [0.2, 0.25) is 10.0 Å². The van der Waals surface area contributed by atoms with Crippen LogP contribution in [0, 0.1) is 17.5 Å². The lowest BCUT2D eigenvalue weighted by Crippen LogP contribution is -2.30. The van der Waals surface area contributed by atoms with Crippen LogP contribution in [-0.2, 0) is 19.6 Å². The van der Waals surface area contributed by atoms with Gasteiger partial charge in [-0.2, -0.15) is 0 Å². The van der Waals surface area contributed by atoms with Crippen molar-refractivity contribution in [3.63, 3.8) is 0 Å². The van der Waals surface area contributed by atoms with Gasteiger partial charge in [-0.15, -0.1) is 0 Å². The fourth-order valence-corrected chi connectivity index (χ4v) is 2.50. The average Bonchev–Trinajstić information content (AvgIpc) is 2.61. The Morgan fingerprint density at radius 3 is 2.41 bits per heavy atom. The van der Waals surface area contributed by atoms with E-state index in [2.05, 4.69) is 0 Å². The molecular weight excluding hydrogens is 389 g/mol. The van der Waals surface area contributed by atoms with Crippen LogP contribution in [0.3, 0.4) is 0 Å². The number of esters is 1.